The molecule has 0 amide bonds. The maximum atomic E-state index is 6.29. The van der Waals surface area contributed by atoms with Gasteiger partial charge in [0.1, 0.15) is 23.0 Å². The van der Waals surface area contributed by atoms with E-state index in [1.165, 1.54) is 5.56 Å². The van der Waals surface area contributed by atoms with Crippen molar-refractivity contribution in [3.05, 3.63) is 52.5 Å². The van der Waals surface area contributed by atoms with Gasteiger partial charge in [-0.3, -0.25) is 0 Å². The first-order valence-electron chi connectivity index (χ1n) is 9.47. The molecule has 5 nitrogen and oxygen atoms in total. The molecular weight excluding hydrogens is 374 g/mol. The van der Waals surface area contributed by atoms with Crippen LogP contribution in [0.2, 0.25) is 5.02 Å². The molecule has 28 heavy (non-hydrogen) atoms. The topological polar surface area (TPSA) is 48.3 Å². The van der Waals surface area contributed by atoms with Crippen LogP contribution in [0.1, 0.15) is 24.0 Å². The van der Waals surface area contributed by atoms with Gasteiger partial charge in [-0.05, 0) is 56.0 Å². The maximum absolute atomic E-state index is 6.29. The minimum Gasteiger partial charge on any atom is -0.497 e. The van der Waals surface area contributed by atoms with E-state index in [1.807, 2.05) is 41.1 Å². The second kappa shape index (κ2) is 7.76. The first kappa shape index (κ1) is 18.7. The lowest BCUT2D eigenvalue weighted by molar-refractivity contribution is 0.395. The fourth-order valence-corrected chi connectivity index (χ4v) is 3.86. The number of fused-ring (bicyclic) bond motifs is 1. The van der Waals surface area contributed by atoms with Gasteiger partial charge in [0.25, 0.3) is 0 Å². The quantitative estimate of drug-likeness (QED) is 0.651. The van der Waals surface area contributed by atoms with Crippen LogP contribution in [0.3, 0.4) is 0 Å². The number of hydrogen-bond acceptors (Lipinski definition) is 4. The second-order valence-corrected chi connectivity index (χ2v) is 7.40. The molecule has 1 N–H and O–H groups in total. The molecular formula is C22H24ClN3O2. The Balaban J connectivity index is 1.95. The van der Waals surface area contributed by atoms with Crippen molar-refractivity contribution >= 4 is 17.4 Å². The van der Waals surface area contributed by atoms with Crippen molar-refractivity contribution in [2.75, 3.05) is 26.1 Å². The highest BCUT2D eigenvalue weighted by molar-refractivity contribution is 6.30. The molecule has 1 aliphatic rings. The second-order valence-electron chi connectivity index (χ2n) is 6.97. The standard InChI is InChI=1S/C22H24ClN3O2/c1-14-7-8-15(23)12-19(14)26-22-18(6-4-5-11-24-22)21(25-26)17-10-9-16(27-2)13-20(17)28-3/h7-10,12-13,24H,4-6,11H2,1-3H3. The number of aryl methyl sites for hydroxylation is 1. The molecule has 1 aliphatic heterocycles. The molecule has 0 fully saturated rings. The molecule has 0 unspecified atom stereocenters. The van der Waals surface area contributed by atoms with E-state index in [4.69, 9.17) is 26.2 Å². The number of hydrogen-bond donors (Lipinski definition) is 1. The van der Waals surface area contributed by atoms with E-state index >= 15 is 0 Å². The van der Waals surface area contributed by atoms with Crippen molar-refractivity contribution < 1.29 is 9.47 Å². The van der Waals surface area contributed by atoms with Crippen molar-refractivity contribution in [1.29, 1.82) is 0 Å². The third-order valence-corrected chi connectivity index (χ3v) is 5.43. The van der Waals surface area contributed by atoms with E-state index in [0.29, 0.717) is 5.02 Å². The van der Waals surface area contributed by atoms with Gasteiger partial charge >= 0.3 is 0 Å². The highest BCUT2D eigenvalue weighted by atomic mass is 35.5. The predicted molar refractivity (Wildman–Crippen MR) is 113 cm³/mol. The molecule has 0 atom stereocenters. The summed E-state index contributed by atoms with van der Waals surface area (Å²) in [5.74, 6) is 2.55. The lowest BCUT2D eigenvalue weighted by atomic mass is 10.0. The zero-order valence-electron chi connectivity index (χ0n) is 16.4. The molecule has 2 aromatic carbocycles. The van der Waals surface area contributed by atoms with Crippen molar-refractivity contribution in [2.45, 2.75) is 26.2 Å². The molecule has 2 heterocycles. The predicted octanol–water partition coefficient (Wildman–Crippen LogP) is 5.27. The Morgan fingerprint density at radius 2 is 1.93 bits per heavy atom. The molecule has 146 valence electrons. The van der Waals surface area contributed by atoms with Crippen molar-refractivity contribution in [2.24, 2.45) is 0 Å². The SMILES string of the molecule is COc1ccc(-c2nn(-c3cc(Cl)ccc3C)c3c2CCCCN3)c(OC)c1. The first-order valence-corrected chi connectivity index (χ1v) is 9.85. The summed E-state index contributed by atoms with van der Waals surface area (Å²) in [5, 5.41) is 9.29. The Morgan fingerprint density at radius 1 is 1.07 bits per heavy atom. The van der Waals surface area contributed by atoms with Crippen molar-refractivity contribution in [3.63, 3.8) is 0 Å². The van der Waals surface area contributed by atoms with Gasteiger partial charge < -0.3 is 14.8 Å². The molecule has 0 saturated heterocycles. The van der Waals surface area contributed by atoms with Crippen LogP contribution in [-0.4, -0.2) is 30.5 Å². The minimum atomic E-state index is 0.696. The van der Waals surface area contributed by atoms with Gasteiger partial charge in [-0.25, -0.2) is 4.68 Å². The van der Waals surface area contributed by atoms with Crippen LogP contribution in [0.15, 0.2) is 36.4 Å². The molecule has 0 spiro atoms. The lowest BCUT2D eigenvalue weighted by Crippen LogP contribution is -2.08. The number of nitrogens with zero attached hydrogens (tertiary/aromatic N) is 2. The first-order chi connectivity index (χ1) is 13.6. The Morgan fingerprint density at radius 3 is 2.71 bits per heavy atom. The molecule has 6 heteroatoms. The number of rotatable bonds is 4. The summed E-state index contributed by atoms with van der Waals surface area (Å²) in [6.45, 7) is 3.00. The Bertz CT molecular complexity index is 1010. The molecule has 0 saturated carbocycles. The van der Waals surface area contributed by atoms with Crippen LogP contribution in [0.25, 0.3) is 16.9 Å². The van der Waals surface area contributed by atoms with Crippen LogP contribution in [0.4, 0.5) is 5.82 Å². The average Bonchev–Trinajstić information content (AvgIpc) is 2.89. The third kappa shape index (κ3) is 3.31. The van der Waals surface area contributed by atoms with Crippen molar-refractivity contribution in [3.8, 4) is 28.4 Å². The lowest BCUT2D eigenvalue weighted by Gasteiger charge is -2.12. The third-order valence-electron chi connectivity index (χ3n) is 5.19. The van der Waals surface area contributed by atoms with Gasteiger partial charge in [-0.2, -0.15) is 5.10 Å². The molecule has 0 bridgehead atoms. The monoisotopic (exact) mass is 397 g/mol. The summed E-state index contributed by atoms with van der Waals surface area (Å²) in [6, 6.07) is 11.7. The highest BCUT2D eigenvalue weighted by Crippen LogP contribution is 2.40. The zero-order valence-corrected chi connectivity index (χ0v) is 17.1. The van der Waals surface area contributed by atoms with Crippen LogP contribution in [-0.2, 0) is 6.42 Å². The minimum absolute atomic E-state index is 0.696. The van der Waals surface area contributed by atoms with Crippen molar-refractivity contribution in [1.82, 2.24) is 9.78 Å². The van der Waals surface area contributed by atoms with E-state index in [2.05, 4.69) is 12.2 Å². The van der Waals surface area contributed by atoms with E-state index in [0.717, 1.165) is 65.6 Å². The normalized spacial score (nSPS) is 13.4. The van der Waals surface area contributed by atoms with Gasteiger partial charge in [-0.1, -0.05) is 17.7 Å². The van der Waals surface area contributed by atoms with E-state index < -0.39 is 0 Å². The number of methoxy groups -OCH3 is 2. The van der Waals surface area contributed by atoms with Gasteiger partial charge in [0.2, 0.25) is 0 Å². The van der Waals surface area contributed by atoms with Crippen LogP contribution < -0.4 is 14.8 Å². The van der Waals surface area contributed by atoms with Gasteiger partial charge in [-0.15, -0.1) is 0 Å². The largest absolute Gasteiger partial charge is 0.497 e. The number of benzene rings is 2. The Kier molecular flexibility index (Phi) is 5.18. The fourth-order valence-electron chi connectivity index (χ4n) is 3.70. The van der Waals surface area contributed by atoms with Crippen LogP contribution in [0, 0.1) is 6.92 Å². The zero-order chi connectivity index (χ0) is 19.7. The number of halogens is 1. The summed E-state index contributed by atoms with van der Waals surface area (Å²) >= 11 is 6.29. The smallest absolute Gasteiger partial charge is 0.133 e. The summed E-state index contributed by atoms with van der Waals surface area (Å²) < 4.78 is 13.0. The molecule has 0 aliphatic carbocycles. The Labute approximate surface area is 170 Å². The Hall–Kier alpha value is -2.66. The highest BCUT2D eigenvalue weighted by Gasteiger charge is 2.24. The fraction of sp³-hybridized carbons (Fsp3) is 0.318. The summed E-state index contributed by atoms with van der Waals surface area (Å²) in [7, 11) is 3.33. The number of anilines is 1. The molecule has 4 rings (SSSR count). The maximum Gasteiger partial charge on any atom is 0.133 e. The number of aromatic nitrogens is 2. The number of nitrogens with one attached hydrogen (secondary N) is 1. The van der Waals surface area contributed by atoms with E-state index in [-0.39, 0.29) is 0 Å². The van der Waals surface area contributed by atoms with E-state index in [9.17, 15) is 0 Å². The summed E-state index contributed by atoms with van der Waals surface area (Å²) in [5.41, 5.74) is 5.20. The summed E-state index contributed by atoms with van der Waals surface area (Å²) in [6.07, 6.45) is 3.21. The van der Waals surface area contributed by atoms with Gasteiger partial charge in [0.15, 0.2) is 0 Å². The molecule has 1 aromatic heterocycles. The number of ether oxygens (including phenoxy) is 2. The van der Waals surface area contributed by atoms with Crippen LogP contribution >= 0.6 is 11.6 Å². The molecule has 3 aromatic rings. The molecule has 0 radical (unpaired) electrons. The van der Waals surface area contributed by atoms with Gasteiger partial charge in [0, 0.05) is 28.8 Å². The van der Waals surface area contributed by atoms with Gasteiger partial charge in [0.05, 0.1) is 19.9 Å². The summed E-state index contributed by atoms with van der Waals surface area (Å²) in [4.78, 5) is 0. The average molecular weight is 398 g/mol. The van der Waals surface area contributed by atoms with Crippen LogP contribution in [0.5, 0.6) is 11.5 Å². The van der Waals surface area contributed by atoms with E-state index in [1.54, 1.807) is 14.2 Å².